The Labute approximate surface area is 114 Å². The first kappa shape index (κ1) is 14.1. The molecule has 4 nitrogen and oxygen atoms in total. The number of hydrogen-bond acceptors (Lipinski definition) is 2. The van der Waals surface area contributed by atoms with E-state index >= 15 is 0 Å². The molecule has 0 spiro atoms. The zero-order valence-corrected chi connectivity index (χ0v) is 11.7. The number of carbonyl (C=O) groups is 2. The molecule has 2 aliphatic carbocycles. The zero-order valence-electron chi connectivity index (χ0n) is 11.7. The Morgan fingerprint density at radius 2 is 1.63 bits per heavy atom. The van der Waals surface area contributed by atoms with Gasteiger partial charge < -0.3 is 10.0 Å². The van der Waals surface area contributed by atoms with Crippen LogP contribution in [0.2, 0.25) is 0 Å². The molecule has 0 radical (unpaired) electrons. The Bertz CT molecular complexity index is 385. The quantitative estimate of drug-likeness (QED) is 0.749. The third-order valence-corrected chi connectivity index (χ3v) is 4.33. The molecule has 4 heteroatoms. The van der Waals surface area contributed by atoms with Crippen LogP contribution in [0.15, 0.2) is 12.2 Å². The highest BCUT2D eigenvalue weighted by atomic mass is 16.4. The molecular formula is C15H23NO3. The monoisotopic (exact) mass is 265 g/mol. The van der Waals surface area contributed by atoms with Gasteiger partial charge in [-0.3, -0.25) is 9.59 Å². The van der Waals surface area contributed by atoms with Crippen LogP contribution in [-0.2, 0) is 9.59 Å². The Morgan fingerprint density at radius 1 is 1.11 bits per heavy atom. The van der Waals surface area contributed by atoms with Gasteiger partial charge in [-0.1, -0.05) is 26.0 Å². The van der Waals surface area contributed by atoms with Gasteiger partial charge in [0, 0.05) is 13.1 Å². The van der Waals surface area contributed by atoms with Crippen LogP contribution >= 0.6 is 0 Å². The number of carboxylic acids is 1. The average molecular weight is 265 g/mol. The van der Waals surface area contributed by atoms with Crippen molar-refractivity contribution in [2.45, 2.75) is 33.1 Å². The van der Waals surface area contributed by atoms with Crippen molar-refractivity contribution in [3.8, 4) is 0 Å². The van der Waals surface area contributed by atoms with Crippen LogP contribution in [0, 0.1) is 23.7 Å². The summed E-state index contributed by atoms with van der Waals surface area (Å²) in [7, 11) is 0. The second-order valence-electron chi connectivity index (χ2n) is 5.66. The number of allylic oxidation sites excluding steroid dienone is 2. The van der Waals surface area contributed by atoms with Gasteiger partial charge in [0.2, 0.25) is 5.91 Å². The summed E-state index contributed by atoms with van der Waals surface area (Å²) in [5.74, 6) is -1.43. The van der Waals surface area contributed by atoms with Gasteiger partial charge in [0.05, 0.1) is 11.8 Å². The minimum absolute atomic E-state index is 0.0490. The SMILES string of the molecule is CCCN(CCC)C(=O)[C@@H]1[C@@H](C(=O)O)[C@@H]2C=C[C@@H]1C2. The molecule has 0 unspecified atom stereocenters. The molecule has 2 rings (SSSR count). The van der Waals surface area contributed by atoms with Gasteiger partial charge >= 0.3 is 5.97 Å². The molecule has 1 saturated carbocycles. The van der Waals surface area contributed by atoms with E-state index in [-0.39, 0.29) is 23.7 Å². The number of nitrogens with zero attached hydrogens (tertiary/aromatic N) is 1. The Hall–Kier alpha value is -1.32. The molecule has 0 aromatic heterocycles. The first-order valence-corrected chi connectivity index (χ1v) is 7.30. The van der Waals surface area contributed by atoms with E-state index < -0.39 is 11.9 Å². The number of aliphatic carboxylic acids is 1. The molecule has 2 aliphatic rings. The molecule has 19 heavy (non-hydrogen) atoms. The highest BCUT2D eigenvalue weighted by molar-refractivity contribution is 5.87. The van der Waals surface area contributed by atoms with Crippen LogP contribution in [0.1, 0.15) is 33.1 Å². The van der Waals surface area contributed by atoms with Crippen LogP contribution in [0.3, 0.4) is 0 Å². The lowest BCUT2D eigenvalue weighted by Gasteiger charge is -2.30. The Balaban J connectivity index is 2.16. The second kappa shape index (κ2) is 5.76. The molecule has 0 aromatic carbocycles. The highest BCUT2D eigenvalue weighted by Gasteiger charge is 2.52. The van der Waals surface area contributed by atoms with Gasteiger partial charge in [-0.15, -0.1) is 0 Å². The van der Waals surface area contributed by atoms with Gasteiger partial charge in [-0.05, 0) is 31.1 Å². The van der Waals surface area contributed by atoms with E-state index in [1.54, 1.807) is 0 Å². The number of carboxylic acid groups (broad SMARTS) is 1. The van der Waals surface area contributed by atoms with E-state index in [0.29, 0.717) is 0 Å². The van der Waals surface area contributed by atoms with Gasteiger partial charge in [0.1, 0.15) is 0 Å². The summed E-state index contributed by atoms with van der Waals surface area (Å²) in [4.78, 5) is 26.0. The summed E-state index contributed by atoms with van der Waals surface area (Å²) in [5, 5.41) is 9.39. The molecular weight excluding hydrogens is 242 g/mol. The predicted octanol–water partition coefficient (Wildman–Crippen LogP) is 2.16. The lowest BCUT2D eigenvalue weighted by Crippen LogP contribution is -2.43. The first-order chi connectivity index (χ1) is 9.10. The van der Waals surface area contributed by atoms with Crippen molar-refractivity contribution >= 4 is 11.9 Å². The molecule has 0 saturated heterocycles. The van der Waals surface area contributed by atoms with Crippen LogP contribution < -0.4 is 0 Å². The van der Waals surface area contributed by atoms with Gasteiger partial charge in [0.15, 0.2) is 0 Å². The van der Waals surface area contributed by atoms with E-state index in [4.69, 9.17) is 0 Å². The fourth-order valence-electron chi connectivity index (χ4n) is 3.58. The molecule has 1 N–H and O–H groups in total. The summed E-state index contributed by atoms with van der Waals surface area (Å²) in [6.07, 6.45) is 6.69. The fraction of sp³-hybridized carbons (Fsp3) is 0.733. The molecule has 4 atom stereocenters. The van der Waals surface area contributed by atoms with Crippen molar-refractivity contribution in [1.29, 1.82) is 0 Å². The molecule has 0 heterocycles. The number of rotatable bonds is 6. The van der Waals surface area contributed by atoms with Gasteiger partial charge in [-0.25, -0.2) is 0 Å². The van der Waals surface area contributed by atoms with Crippen molar-refractivity contribution in [3.05, 3.63) is 12.2 Å². The second-order valence-corrected chi connectivity index (χ2v) is 5.66. The van der Waals surface area contributed by atoms with Crippen LogP contribution in [0.4, 0.5) is 0 Å². The largest absolute Gasteiger partial charge is 0.481 e. The summed E-state index contributed by atoms with van der Waals surface area (Å²) >= 11 is 0. The highest BCUT2D eigenvalue weighted by Crippen LogP contribution is 2.48. The fourth-order valence-corrected chi connectivity index (χ4v) is 3.58. The van der Waals surface area contributed by atoms with Crippen molar-refractivity contribution in [2.24, 2.45) is 23.7 Å². The summed E-state index contributed by atoms with van der Waals surface area (Å²) in [6, 6.07) is 0. The summed E-state index contributed by atoms with van der Waals surface area (Å²) < 4.78 is 0. The number of amides is 1. The molecule has 1 amide bonds. The van der Waals surface area contributed by atoms with Crippen molar-refractivity contribution in [3.63, 3.8) is 0 Å². The predicted molar refractivity (Wildman–Crippen MR) is 72.5 cm³/mol. The van der Waals surface area contributed by atoms with Crippen molar-refractivity contribution in [1.82, 2.24) is 4.90 Å². The van der Waals surface area contributed by atoms with E-state index in [9.17, 15) is 14.7 Å². The van der Waals surface area contributed by atoms with Crippen LogP contribution in [0.5, 0.6) is 0 Å². The van der Waals surface area contributed by atoms with E-state index in [2.05, 4.69) is 0 Å². The smallest absolute Gasteiger partial charge is 0.307 e. The molecule has 2 bridgehead atoms. The number of fused-ring (bicyclic) bond motifs is 2. The van der Waals surface area contributed by atoms with Crippen molar-refractivity contribution in [2.75, 3.05) is 13.1 Å². The van der Waals surface area contributed by atoms with Crippen LogP contribution in [0.25, 0.3) is 0 Å². The molecule has 106 valence electrons. The van der Waals surface area contributed by atoms with Crippen LogP contribution in [-0.4, -0.2) is 35.0 Å². The maximum absolute atomic E-state index is 12.7. The standard InChI is InChI=1S/C15H23NO3/c1-3-7-16(8-4-2)14(17)12-10-5-6-11(9-10)13(12)15(18)19/h5-6,10-13H,3-4,7-9H2,1-2H3,(H,18,19)/t10-,11-,12+,13+/m1/s1. The third-order valence-electron chi connectivity index (χ3n) is 4.33. The topological polar surface area (TPSA) is 57.6 Å². The first-order valence-electron chi connectivity index (χ1n) is 7.30. The number of carbonyl (C=O) groups excluding carboxylic acids is 1. The number of hydrogen-bond donors (Lipinski definition) is 1. The summed E-state index contributed by atoms with van der Waals surface area (Å²) in [6.45, 7) is 5.56. The molecule has 0 aliphatic heterocycles. The van der Waals surface area contributed by atoms with Gasteiger partial charge in [-0.2, -0.15) is 0 Å². The maximum Gasteiger partial charge on any atom is 0.307 e. The lowest BCUT2D eigenvalue weighted by molar-refractivity contribution is -0.151. The lowest BCUT2D eigenvalue weighted by atomic mass is 9.82. The third kappa shape index (κ3) is 2.53. The average Bonchev–Trinajstić information content (AvgIpc) is 2.97. The molecule has 1 fully saturated rings. The molecule has 0 aromatic rings. The minimum atomic E-state index is -0.817. The minimum Gasteiger partial charge on any atom is -0.481 e. The van der Waals surface area contributed by atoms with E-state index in [1.807, 2.05) is 30.9 Å². The maximum atomic E-state index is 12.7. The van der Waals surface area contributed by atoms with Gasteiger partial charge in [0.25, 0.3) is 0 Å². The zero-order chi connectivity index (χ0) is 14.0. The summed E-state index contributed by atoms with van der Waals surface area (Å²) in [5.41, 5.74) is 0. The van der Waals surface area contributed by atoms with E-state index in [1.165, 1.54) is 0 Å². The normalized spacial score (nSPS) is 31.7. The Morgan fingerprint density at radius 3 is 2.11 bits per heavy atom. The van der Waals surface area contributed by atoms with Crippen molar-refractivity contribution < 1.29 is 14.7 Å². The Kier molecular flexibility index (Phi) is 4.27. The van der Waals surface area contributed by atoms with E-state index in [0.717, 1.165) is 32.4 Å².